The second kappa shape index (κ2) is 5.76. The van der Waals surface area contributed by atoms with E-state index >= 15 is 0 Å². The molecule has 1 fully saturated rings. The van der Waals surface area contributed by atoms with Crippen molar-refractivity contribution in [3.8, 4) is 0 Å². The maximum Gasteiger partial charge on any atom is 0.149 e. The Kier molecular flexibility index (Phi) is 3.83. The summed E-state index contributed by atoms with van der Waals surface area (Å²) in [7, 11) is 0. The fourth-order valence-electron chi connectivity index (χ4n) is 3.15. The van der Waals surface area contributed by atoms with Gasteiger partial charge in [0.15, 0.2) is 0 Å². The van der Waals surface area contributed by atoms with E-state index in [2.05, 4.69) is 18.2 Å². The highest BCUT2D eigenvalue weighted by Crippen LogP contribution is 2.42. The molecular weight excluding hydrogens is 248 g/mol. The van der Waals surface area contributed by atoms with Gasteiger partial charge in [-0.05, 0) is 24.8 Å². The molecule has 0 aliphatic heterocycles. The lowest BCUT2D eigenvalue weighted by Gasteiger charge is -2.37. The molecule has 0 N–H and O–H groups in total. The van der Waals surface area contributed by atoms with Crippen LogP contribution in [0.25, 0.3) is 0 Å². The van der Waals surface area contributed by atoms with Gasteiger partial charge in [0.2, 0.25) is 0 Å². The molecule has 1 saturated carbocycles. The van der Waals surface area contributed by atoms with E-state index in [1.807, 2.05) is 30.3 Å². The van der Waals surface area contributed by atoms with Gasteiger partial charge in [0.05, 0.1) is 18.6 Å². The maximum absolute atomic E-state index is 12.4. The summed E-state index contributed by atoms with van der Waals surface area (Å²) >= 11 is 0. The average molecular weight is 268 g/mol. The maximum atomic E-state index is 12.4. The third kappa shape index (κ3) is 2.48. The number of ether oxygens (including phenoxy) is 1. The first-order valence-electron chi connectivity index (χ1n) is 7.33. The molecule has 2 nitrogen and oxygen atoms in total. The lowest BCUT2D eigenvalue weighted by Crippen LogP contribution is -2.39. The average Bonchev–Trinajstić information content (AvgIpc) is 2.49. The van der Waals surface area contributed by atoms with Crippen molar-refractivity contribution in [3.63, 3.8) is 0 Å². The van der Waals surface area contributed by atoms with Crippen molar-refractivity contribution in [3.05, 3.63) is 59.7 Å². The predicted octanol–water partition coefficient (Wildman–Crippen LogP) is 3.83. The van der Waals surface area contributed by atoms with Crippen LogP contribution >= 0.6 is 0 Å². The van der Waals surface area contributed by atoms with Crippen LogP contribution in [0.2, 0.25) is 0 Å². The topological polar surface area (TPSA) is 26.3 Å². The summed E-state index contributed by atoms with van der Waals surface area (Å²) < 4.78 is 5.88. The second-order valence-electron chi connectivity index (χ2n) is 5.59. The predicted molar refractivity (Wildman–Crippen MR) is 79.2 cm³/mol. The molecule has 0 spiro atoms. The van der Waals surface area contributed by atoms with Crippen LogP contribution in [-0.2, 0) is 16.1 Å². The highest BCUT2D eigenvalue weighted by Gasteiger charge is 2.42. The van der Waals surface area contributed by atoms with Crippen LogP contribution in [0.3, 0.4) is 0 Å². The van der Waals surface area contributed by atoms with E-state index in [0.717, 1.165) is 24.8 Å². The van der Waals surface area contributed by atoms with E-state index < -0.39 is 5.41 Å². The third-order valence-electron chi connectivity index (χ3n) is 4.26. The number of hydrogen-bond donors (Lipinski definition) is 0. The van der Waals surface area contributed by atoms with E-state index in [-0.39, 0.29) is 0 Å². The third-order valence-corrected chi connectivity index (χ3v) is 4.26. The first-order chi connectivity index (χ1) is 9.81. The van der Waals surface area contributed by atoms with Crippen LogP contribution in [0.1, 0.15) is 31.2 Å². The Hall–Kier alpha value is -1.67. The summed E-state index contributed by atoms with van der Waals surface area (Å²) in [6.07, 6.45) is 10.0. The molecule has 2 aliphatic carbocycles. The summed E-state index contributed by atoms with van der Waals surface area (Å²) in [5.74, 6) is 0.319. The fraction of sp³-hybridized carbons (Fsp3) is 0.389. The van der Waals surface area contributed by atoms with Crippen LogP contribution in [0.4, 0.5) is 0 Å². The van der Waals surface area contributed by atoms with Crippen molar-refractivity contribution >= 4 is 5.78 Å². The Labute approximate surface area is 120 Å². The zero-order valence-electron chi connectivity index (χ0n) is 11.7. The van der Waals surface area contributed by atoms with Gasteiger partial charge in [-0.1, -0.05) is 54.1 Å². The quantitative estimate of drug-likeness (QED) is 0.776. The molecule has 1 aromatic rings. The second-order valence-corrected chi connectivity index (χ2v) is 5.59. The molecule has 2 aliphatic rings. The fourth-order valence-corrected chi connectivity index (χ4v) is 3.15. The van der Waals surface area contributed by atoms with Crippen molar-refractivity contribution in [1.82, 2.24) is 0 Å². The number of ketones is 1. The molecular formula is C18H20O2. The largest absolute Gasteiger partial charge is 0.375 e. The van der Waals surface area contributed by atoms with Crippen LogP contribution < -0.4 is 0 Å². The summed E-state index contributed by atoms with van der Waals surface area (Å²) in [4.78, 5) is 12.4. The molecule has 20 heavy (non-hydrogen) atoms. The standard InChI is InChI=1S/C18H20O2/c19-17-11-6-10-16-9-4-5-12-18(16,17)14-20-13-15-7-2-1-3-8-15/h1-3,5,7-9,12H,4,6,10-11,13-14H2. The molecule has 3 rings (SSSR count). The molecule has 0 heterocycles. The van der Waals surface area contributed by atoms with Crippen LogP contribution in [0.15, 0.2) is 54.1 Å². The Morgan fingerprint density at radius 3 is 2.85 bits per heavy atom. The van der Waals surface area contributed by atoms with Gasteiger partial charge in [-0.15, -0.1) is 0 Å². The lowest BCUT2D eigenvalue weighted by atomic mass is 9.67. The minimum atomic E-state index is -0.467. The van der Waals surface area contributed by atoms with E-state index in [0.29, 0.717) is 25.4 Å². The summed E-state index contributed by atoms with van der Waals surface area (Å²) in [6, 6.07) is 10.1. The highest BCUT2D eigenvalue weighted by atomic mass is 16.5. The molecule has 2 heteroatoms. The number of carbonyl (C=O) groups is 1. The number of Topliss-reactive ketones (excluding diaryl/α,β-unsaturated/α-hetero) is 1. The molecule has 0 radical (unpaired) electrons. The Morgan fingerprint density at radius 1 is 1.15 bits per heavy atom. The van der Waals surface area contributed by atoms with E-state index in [1.165, 1.54) is 5.57 Å². The Bertz CT molecular complexity index is 542. The van der Waals surface area contributed by atoms with Crippen LogP contribution in [-0.4, -0.2) is 12.4 Å². The van der Waals surface area contributed by atoms with Crippen molar-refractivity contribution in [2.75, 3.05) is 6.61 Å². The number of allylic oxidation sites excluding steroid dienone is 2. The van der Waals surface area contributed by atoms with Gasteiger partial charge < -0.3 is 4.74 Å². The molecule has 0 bridgehead atoms. The van der Waals surface area contributed by atoms with E-state index in [1.54, 1.807) is 0 Å². The zero-order valence-corrected chi connectivity index (χ0v) is 11.7. The molecule has 1 aromatic carbocycles. The highest BCUT2D eigenvalue weighted by molar-refractivity contribution is 5.91. The van der Waals surface area contributed by atoms with E-state index in [4.69, 9.17) is 4.74 Å². The molecule has 104 valence electrons. The van der Waals surface area contributed by atoms with Crippen molar-refractivity contribution in [1.29, 1.82) is 0 Å². The van der Waals surface area contributed by atoms with Gasteiger partial charge in [-0.2, -0.15) is 0 Å². The summed E-state index contributed by atoms with van der Waals surface area (Å²) in [6.45, 7) is 1.04. The number of rotatable bonds is 4. The number of fused-ring (bicyclic) bond motifs is 1. The van der Waals surface area contributed by atoms with Crippen molar-refractivity contribution in [2.24, 2.45) is 5.41 Å². The normalized spacial score (nSPS) is 25.2. The van der Waals surface area contributed by atoms with Gasteiger partial charge in [0.1, 0.15) is 5.78 Å². The summed E-state index contributed by atoms with van der Waals surface area (Å²) in [5, 5.41) is 0. The van der Waals surface area contributed by atoms with Crippen LogP contribution in [0.5, 0.6) is 0 Å². The first kappa shape index (κ1) is 13.3. The monoisotopic (exact) mass is 268 g/mol. The minimum absolute atomic E-state index is 0.319. The number of benzene rings is 1. The molecule has 0 saturated heterocycles. The molecule has 1 atom stereocenters. The van der Waals surface area contributed by atoms with Gasteiger partial charge >= 0.3 is 0 Å². The summed E-state index contributed by atoms with van der Waals surface area (Å²) in [5.41, 5.74) is 1.95. The first-order valence-corrected chi connectivity index (χ1v) is 7.33. The number of hydrogen-bond acceptors (Lipinski definition) is 2. The molecule has 0 amide bonds. The molecule has 1 unspecified atom stereocenters. The van der Waals surface area contributed by atoms with E-state index in [9.17, 15) is 4.79 Å². The van der Waals surface area contributed by atoms with Crippen LogP contribution in [0, 0.1) is 5.41 Å². The Morgan fingerprint density at radius 2 is 2.00 bits per heavy atom. The Balaban J connectivity index is 1.70. The number of carbonyl (C=O) groups excluding carboxylic acids is 1. The minimum Gasteiger partial charge on any atom is -0.375 e. The smallest absolute Gasteiger partial charge is 0.149 e. The van der Waals surface area contributed by atoms with Gasteiger partial charge in [0, 0.05) is 6.42 Å². The van der Waals surface area contributed by atoms with Gasteiger partial charge in [0.25, 0.3) is 0 Å². The zero-order chi connectivity index (χ0) is 13.8. The molecule has 0 aromatic heterocycles. The van der Waals surface area contributed by atoms with Crippen molar-refractivity contribution in [2.45, 2.75) is 32.3 Å². The van der Waals surface area contributed by atoms with Gasteiger partial charge in [-0.25, -0.2) is 0 Å². The van der Waals surface area contributed by atoms with Crippen molar-refractivity contribution < 1.29 is 9.53 Å². The SMILES string of the molecule is O=C1CCCC2=CCC=CC12COCc1ccccc1. The lowest BCUT2D eigenvalue weighted by molar-refractivity contribution is -0.129. The van der Waals surface area contributed by atoms with Gasteiger partial charge in [-0.3, -0.25) is 4.79 Å².